The molecule has 2 heterocycles. The summed E-state index contributed by atoms with van der Waals surface area (Å²) in [5, 5.41) is 5.89. The highest BCUT2D eigenvalue weighted by molar-refractivity contribution is 5.98. The van der Waals surface area contributed by atoms with E-state index in [-0.39, 0.29) is 49.3 Å². The lowest BCUT2D eigenvalue weighted by Gasteiger charge is -2.36. The Bertz CT molecular complexity index is 999. The summed E-state index contributed by atoms with van der Waals surface area (Å²) in [7, 11) is 1.61. The molecule has 1 unspecified atom stereocenters. The van der Waals surface area contributed by atoms with Gasteiger partial charge in [0, 0.05) is 37.8 Å². The number of nitrogens with two attached hydrogens (primary N) is 1. The van der Waals surface area contributed by atoms with Crippen molar-refractivity contribution in [3.8, 4) is 0 Å². The normalized spacial score (nSPS) is 23.1. The fraction of sp³-hybridized carbons (Fsp3) is 0.450. The number of fused-ring (bicyclic) bond motifs is 1. The average molecular weight is 436 g/mol. The molecule has 1 aromatic carbocycles. The first-order valence-corrected chi connectivity index (χ1v) is 9.92. The number of rotatable bonds is 3. The number of primary amides is 1. The number of aliphatic imine (C=N–C) groups is 1. The largest absolute Gasteiger partial charge is 0.366 e. The first-order valence-electron chi connectivity index (χ1n) is 9.92. The van der Waals surface area contributed by atoms with Crippen LogP contribution in [0.4, 0.5) is 23.7 Å². The van der Waals surface area contributed by atoms with Gasteiger partial charge in [-0.15, -0.1) is 0 Å². The highest BCUT2D eigenvalue weighted by Crippen LogP contribution is 2.39. The number of carbonyl (C=O) groups excluding carboxylic acids is 2. The first kappa shape index (κ1) is 21.0. The third kappa shape index (κ3) is 3.79. The number of carbonyl (C=O) groups is 2. The maximum atomic E-state index is 14.2. The number of alkyl halides is 2. The van der Waals surface area contributed by atoms with E-state index in [1.165, 1.54) is 15.9 Å². The number of urea groups is 1. The Labute approximate surface area is 177 Å². The first-order chi connectivity index (χ1) is 14.6. The van der Waals surface area contributed by atoms with Gasteiger partial charge in [0.1, 0.15) is 5.82 Å². The number of aryl methyl sites for hydroxylation is 1. The Morgan fingerprint density at radius 3 is 2.65 bits per heavy atom. The van der Waals surface area contributed by atoms with Gasteiger partial charge in [-0.2, -0.15) is 0 Å². The number of guanidine groups is 1. The van der Waals surface area contributed by atoms with Gasteiger partial charge in [-0.05, 0) is 37.5 Å². The van der Waals surface area contributed by atoms with Crippen LogP contribution < -0.4 is 16.4 Å². The number of amides is 3. The van der Waals surface area contributed by atoms with Gasteiger partial charge in [0.15, 0.2) is 6.17 Å². The zero-order valence-corrected chi connectivity index (χ0v) is 17.1. The third-order valence-electron chi connectivity index (χ3n) is 5.94. The lowest BCUT2D eigenvalue weighted by molar-refractivity contribution is -0.0504. The molecule has 2 fully saturated rings. The van der Waals surface area contributed by atoms with Crippen LogP contribution in [0.5, 0.6) is 0 Å². The fourth-order valence-electron chi connectivity index (χ4n) is 4.17. The molecule has 4 rings (SSSR count). The molecule has 1 saturated heterocycles. The molecular weight excluding hydrogens is 413 g/mol. The zero-order valence-electron chi connectivity index (χ0n) is 17.1. The number of hydrogen-bond acceptors (Lipinski definition) is 5. The van der Waals surface area contributed by atoms with E-state index >= 15 is 0 Å². The Balaban J connectivity index is 1.58. The Morgan fingerprint density at radius 1 is 1.32 bits per heavy atom. The molecule has 0 radical (unpaired) electrons. The van der Waals surface area contributed by atoms with E-state index in [4.69, 9.17) is 5.73 Å². The summed E-state index contributed by atoms with van der Waals surface area (Å²) in [6.07, 6.45) is 0.789. The lowest BCUT2D eigenvalue weighted by Crippen LogP contribution is -2.47. The zero-order chi connectivity index (χ0) is 22.5. The minimum absolute atomic E-state index is 0.195. The Kier molecular flexibility index (Phi) is 5.06. The lowest BCUT2D eigenvalue weighted by atomic mass is 9.91. The van der Waals surface area contributed by atoms with Crippen molar-refractivity contribution in [1.82, 2.24) is 15.1 Å². The van der Waals surface area contributed by atoms with Gasteiger partial charge in [-0.1, -0.05) is 0 Å². The van der Waals surface area contributed by atoms with Crippen molar-refractivity contribution >= 4 is 23.6 Å². The van der Waals surface area contributed by atoms with Gasteiger partial charge < -0.3 is 16.4 Å². The molecule has 0 spiro atoms. The average Bonchev–Trinajstić information content (AvgIpc) is 2.95. The van der Waals surface area contributed by atoms with Crippen molar-refractivity contribution in [2.45, 2.75) is 50.7 Å². The van der Waals surface area contributed by atoms with E-state index in [9.17, 15) is 22.8 Å². The summed E-state index contributed by atoms with van der Waals surface area (Å²) >= 11 is 0. The van der Waals surface area contributed by atoms with E-state index in [1.807, 2.05) is 0 Å². The van der Waals surface area contributed by atoms with Crippen LogP contribution >= 0.6 is 0 Å². The number of likely N-dealkylation sites (N-methyl/N-ethyl adjacent to an activating group) is 1. The van der Waals surface area contributed by atoms with Crippen LogP contribution in [0.3, 0.4) is 0 Å². The van der Waals surface area contributed by atoms with Crippen molar-refractivity contribution < 1.29 is 22.8 Å². The molecule has 3 amide bonds. The molecule has 0 bridgehead atoms. The van der Waals surface area contributed by atoms with Gasteiger partial charge in [0.25, 0.3) is 5.91 Å². The van der Waals surface area contributed by atoms with Crippen molar-refractivity contribution in [3.05, 3.63) is 41.0 Å². The minimum atomic E-state index is -2.70. The van der Waals surface area contributed by atoms with Gasteiger partial charge in [0.05, 0.1) is 11.3 Å². The van der Waals surface area contributed by atoms with Crippen molar-refractivity contribution in [2.24, 2.45) is 10.7 Å². The molecule has 0 aromatic heterocycles. The topological polar surface area (TPSA) is 103 Å². The summed E-state index contributed by atoms with van der Waals surface area (Å²) in [6, 6.07) is 1.84. The predicted octanol–water partition coefficient (Wildman–Crippen LogP) is 2.72. The maximum Gasteiger partial charge on any atom is 0.326 e. The van der Waals surface area contributed by atoms with Crippen molar-refractivity contribution in [2.75, 3.05) is 12.4 Å². The van der Waals surface area contributed by atoms with Crippen LogP contribution in [0.25, 0.3) is 0 Å². The summed E-state index contributed by atoms with van der Waals surface area (Å²) in [5.41, 5.74) is 6.49. The highest BCUT2D eigenvalue weighted by atomic mass is 19.3. The fourth-order valence-corrected chi connectivity index (χ4v) is 4.17. The molecule has 166 valence electrons. The second kappa shape index (κ2) is 7.47. The van der Waals surface area contributed by atoms with E-state index in [1.54, 1.807) is 20.2 Å². The molecule has 3 aliphatic rings. The SMILES string of the molecule is Cc1cc(C(N)=O)c(F)cc1NC1=NC2C(=CN1)N(C)C(=O)N2C1CCC(F)(F)CC1. The second-order valence-corrected chi connectivity index (χ2v) is 8.04. The summed E-state index contributed by atoms with van der Waals surface area (Å²) in [6.45, 7) is 1.68. The smallest absolute Gasteiger partial charge is 0.326 e. The van der Waals surface area contributed by atoms with Crippen LogP contribution in [-0.2, 0) is 0 Å². The van der Waals surface area contributed by atoms with Crippen molar-refractivity contribution in [3.63, 3.8) is 0 Å². The molecule has 11 heteroatoms. The molecule has 1 atom stereocenters. The summed E-state index contributed by atoms with van der Waals surface area (Å²) < 4.78 is 41.4. The Morgan fingerprint density at radius 2 is 2.00 bits per heavy atom. The van der Waals surface area contributed by atoms with E-state index in [0.717, 1.165) is 6.07 Å². The number of nitrogens with one attached hydrogen (secondary N) is 2. The van der Waals surface area contributed by atoms with Crippen LogP contribution in [0.15, 0.2) is 29.0 Å². The molecule has 4 N–H and O–H groups in total. The molecule has 1 aromatic rings. The molecule has 8 nitrogen and oxygen atoms in total. The van der Waals surface area contributed by atoms with E-state index in [2.05, 4.69) is 15.6 Å². The predicted molar refractivity (Wildman–Crippen MR) is 108 cm³/mol. The molecule has 2 aliphatic heterocycles. The molecular formula is C20H23F3N6O2. The number of anilines is 1. The molecule has 1 aliphatic carbocycles. The minimum Gasteiger partial charge on any atom is -0.366 e. The van der Waals surface area contributed by atoms with E-state index < -0.39 is 23.8 Å². The van der Waals surface area contributed by atoms with Crippen LogP contribution in [0.2, 0.25) is 0 Å². The van der Waals surface area contributed by atoms with Crippen LogP contribution in [0, 0.1) is 12.7 Å². The van der Waals surface area contributed by atoms with Gasteiger partial charge in [0.2, 0.25) is 11.9 Å². The van der Waals surface area contributed by atoms with E-state index in [0.29, 0.717) is 16.9 Å². The number of hydrogen-bond donors (Lipinski definition) is 3. The Hall–Kier alpha value is -3.24. The van der Waals surface area contributed by atoms with Crippen LogP contribution in [0.1, 0.15) is 41.6 Å². The highest BCUT2D eigenvalue weighted by Gasteiger charge is 2.47. The second-order valence-electron chi connectivity index (χ2n) is 8.04. The summed E-state index contributed by atoms with van der Waals surface area (Å²) in [4.78, 5) is 31.7. The molecule has 1 saturated carbocycles. The standard InChI is InChI=1S/C20H23F3N6O2/c1-10-7-12(16(24)30)13(21)8-14(10)26-18-25-9-15-17(27-18)29(19(31)28(15)2)11-3-5-20(22,23)6-4-11/h7-9,11,17H,3-6H2,1-2H3,(H2,24,30)(H2,25,26,27). The summed E-state index contributed by atoms with van der Waals surface area (Å²) in [5.74, 6) is -4.08. The quantitative estimate of drug-likeness (QED) is 0.678. The monoisotopic (exact) mass is 436 g/mol. The molecule has 31 heavy (non-hydrogen) atoms. The van der Waals surface area contributed by atoms with Gasteiger partial charge in [-0.3, -0.25) is 14.6 Å². The van der Waals surface area contributed by atoms with Crippen molar-refractivity contribution in [1.29, 1.82) is 0 Å². The maximum absolute atomic E-state index is 14.2. The van der Waals surface area contributed by atoms with Gasteiger partial charge in [-0.25, -0.2) is 23.0 Å². The van der Waals surface area contributed by atoms with Gasteiger partial charge >= 0.3 is 6.03 Å². The third-order valence-corrected chi connectivity index (χ3v) is 5.94. The van der Waals surface area contributed by atoms with Crippen LogP contribution in [-0.4, -0.2) is 52.9 Å². The number of halogens is 3. The number of nitrogens with zero attached hydrogens (tertiary/aromatic N) is 3. The number of benzene rings is 1.